The summed E-state index contributed by atoms with van der Waals surface area (Å²) in [6.45, 7) is 9.59. The number of piperidine rings is 1. The first kappa shape index (κ1) is 17.6. The molecule has 0 saturated carbocycles. The molecule has 0 unspecified atom stereocenters. The molecule has 0 aromatic carbocycles. The molecule has 0 aliphatic carbocycles. The Morgan fingerprint density at radius 3 is 2.69 bits per heavy atom. The van der Waals surface area contributed by atoms with Crippen molar-refractivity contribution >= 4 is 0 Å². The van der Waals surface area contributed by atoms with E-state index < -0.39 is 0 Å². The molecule has 140 valence electrons. The molecule has 2 fully saturated rings. The number of aromatic nitrogens is 3. The zero-order valence-electron chi connectivity index (χ0n) is 15.8. The van der Waals surface area contributed by atoms with E-state index in [1.54, 1.807) is 12.5 Å². The molecule has 2 aliphatic heterocycles. The average molecular weight is 355 g/mol. The first-order chi connectivity index (χ1) is 12.8. The number of likely N-dealkylation sites (tertiary alicyclic amines) is 1. The van der Waals surface area contributed by atoms with Gasteiger partial charge in [0, 0.05) is 64.4 Å². The zero-order chi connectivity index (χ0) is 17.8. The van der Waals surface area contributed by atoms with Gasteiger partial charge in [0.15, 0.2) is 0 Å². The third-order valence-corrected chi connectivity index (χ3v) is 5.70. The van der Waals surface area contributed by atoms with Gasteiger partial charge in [0.1, 0.15) is 12.1 Å². The van der Waals surface area contributed by atoms with Gasteiger partial charge in [-0.2, -0.15) is 0 Å². The Morgan fingerprint density at radius 1 is 1.08 bits per heavy atom. The number of likely N-dealkylation sites (N-methyl/N-ethyl adjacent to an activating group) is 1. The molecule has 0 amide bonds. The second-order valence-electron chi connectivity index (χ2n) is 7.84. The van der Waals surface area contributed by atoms with E-state index >= 15 is 0 Å². The monoisotopic (exact) mass is 354 g/mol. The Balaban J connectivity index is 1.29. The van der Waals surface area contributed by atoms with Crippen LogP contribution in [0.3, 0.4) is 0 Å². The van der Waals surface area contributed by atoms with Gasteiger partial charge >= 0.3 is 0 Å². The van der Waals surface area contributed by atoms with Gasteiger partial charge in [-0.05, 0) is 44.0 Å². The predicted octanol–water partition coefficient (Wildman–Crippen LogP) is 1.73. The van der Waals surface area contributed by atoms with E-state index in [-0.39, 0.29) is 0 Å². The van der Waals surface area contributed by atoms with E-state index in [2.05, 4.69) is 43.8 Å². The van der Waals surface area contributed by atoms with Crippen LogP contribution in [-0.4, -0.2) is 82.1 Å². The summed E-state index contributed by atoms with van der Waals surface area (Å²) in [5.41, 5.74) is 1.30. The summed E-state index contributed by atoms with van der Waals surface area (Å²) < 4.78 is 1.94. The minimum atomic E-state index is 0.810. The standard InChI is InChI=1S/C20H30N6/c1-23-9-11-24(12-10-23)15-19-3-2-7-25(16-19)14-18-4-5-20(22-13-18)26-8-6-21-17-26/h4-6,8,13,17,19H,2-3,7,9-12,14-16H2,1H3/t19-/m1/s1. The van der Waals surface area contributed by atoms with Gasteiger partial charge in [-0.3, -0.25) is 9.47 Å². The topological polar surface area (TPSA) is 40.4 Å². The molecule has 2 aromatic heterocycles. The zero-order valence-corrected chi connectivity index (χ0v) is 15.8. The van der Waals surface area contributed by atoms with Crippen LogP contribution < -0.4 is 0 Å². The van der Waals surface area contributed by atoms with Crippen molar-refractivity contribution in [1.29, 1.82) is 0 Å². The van der Waals surface area contributed by atoms with Crippen molar-refractivity contribution in [2.24, 2.45) is 5.92 Å². The van der Waals surface area contributed by atoms with E-state index in [4.69, 9.17) is 0 Å². The van der Waals surface area contributed by atoms with Crippen molar-refractivity contribution in [1.82, 2.24) is 29.2 Å². The van der Waals surface area contributed by atoms with Crippen molar-refractivity contribution in [3.8, 4) is 5.82 Å². The Labute approximate surface area is 156 Å². The molecule has 2 aromatic rings. The summed E-state index contributed by atoms with van der Waals surface area (Å²) in [7, 11) is 2.23. The highest BCUT2D eigenvalue weighted by Crippen LogP contribution is 2.20. The van der Waals surface area contributed by atoms with Crippen LogP contribution in [0, 0.1) is 5.92 Å². The maximum Gasteiger partial charge on any atom is 0.137 e. The van der Waals surface area contributed by atoms with Crippen molar-refractivity contribution < 1.29 is 0 Å². The molecular weight excluding hydrogens is 324 g/mol. The second kappa shape index (κ2) is 8.29. The van der Waals surface area contributed by atoms with Crippen molar-refractivity contribution in [2.45, 2.75) is 19.4 Å². The summed E-state index contributed by atoms with van der Waals surface area (Å²) >= 11 is 0. The van der Waals surface area contributed by atoms with Crippen molar-refractivity contribution in [3.05, 3.63) is 42.6 Å². The Kier molecular flexibility index (Phi) is 5.62. The molecule has 1 atom stereocenters. The molecule has 26 heavy (non-hydrogen) atoms. The fourth-order valence-electron chi connectivity index (χ4n) is 4.16. The third kappa shape index (κ3) is 4.50. The largest absolute Gasteiger partial charge is 0.304 e. The van der Waals surface area contributed by atoms with Gasteiger partial charge in [0.05, 0.1) is 0 Å². The number of hydrogen-bond acceptors (Lipinski definition) is 5. The van der Waals surface area contributed by atoms with Crippen molar-refractivity contribution in [2.75, 3.05) is 52.9 Å². The summed E-state index contributed by atoms with van der Waals surface area (Å²) in [5.74, 6) is 1.74. The summed E-state index contributed by atoms with van der Waals surface area (Å²) in [4.78, 5) is 16.4. The molecule has 4 heterocycles. The van der Waals surface area contributed by atoms with E-state index in [1.165, 1.54) is 64.2 Å². The lowest BCUT2D eigenvalue weighted by atomic mass is 9.96. The lowest BCUT2D eigenvalue weighted by molar-refractivity contribution is 0.0966. The van der Waals surface area contributed by atoms with E-state index in [0.717, 1.165) is 18.3 Å². The minimum Gasteiger partial charge on any atom is -0.304 e. The minimum absolute atomic E-state index is 0.810. The van der Waals surface area contributed by atoms with Crippen LogP contribution in [0.5, 0.6) is 0 Å². The number of imidazole rings is 1. The number of pyridine rings is 1. The highest BCUT2D eigenvalue weighted by molar-refractivity contribution is 5.25. The smallest absolute Gasteiger partial charge is 0.137 e. The van der Waals surface area contributed by atoms with Crippen LogP contribution >= 0.6 is 0 Å². The average Bonchev–Trinajstić information content (AvgIpc) is 3.19. The van der Waals surface area contributed by atoms with E-state index in [1.807, 2.05) is 17.0 Å². The second-order valence-corrected chi connectivity index (χ2v) is 7.84. The maximum absolute atomic E-state index is 4.59. The number of rotatable bonds is 5. The molecule has 0 N–H and O–H groups in total. The quantitative estimate of drug-likeness (QED) is 0.818. The molecule has 0 bridgehead atoms. The lowest BCUT2D eigenvalue weighted by Crippen LogP contribution is -2.48. The lowest BCUT2D eigenvalue weighted by Gasteiger charge is -2.38. The van der Waals surface area contributed by atoms with Crippen molar-refractivity contribution in [3.63, 3.8) is 0 Å². The summed E-state index contributed by atoms with van der Waals surface area (Å²) in [6, 6.07) is 4.29. The first-order valence-electron chi connectivity index (χ1n) is 9.83. The molecule has 6 heteroatoms. The van der Waals surface area contributed by atoms with Crippen LogP contribution in [0.2, 0.25) is 0 Å². The van der Waals surface area contributed by atoms with Gasteiger partial charge in [0.25, 0.3) is 0 Å². The highest BCUT2D eigenvalue weighted by Gasteiger charge is 2.23. The molecule has 6 nitrogen and oxygen atoms in total. The van der Waals surface area contributed by atoms with Gasteiger partial charge in [0.2, 0.25) is 0 Å². The highest BCUT2D eigenvalue weighted by atomic mass is 15.2. The fourth-order valence-corrected chi connectivity index (χ4v) is 4.16. The van der Waals surface area contributed by atoms with Gasteiger partial charge < -0.3 is 9.80 Å². The van der Waals surface area contributed by atoms with Crippen LogP contribution in [0.15, 0.2) is 37.1 Å². The Bertz CT molecular complexity index is 660. The Morgan fingerprint density at radius 2 is 1.96 bits per heavy atom. The van der Waals surface area contributed by atoms with Gasteiger partial charge in [-0.25, -0.2) is 9.97 Å². The van der Waals surface area contributed by atoms with Crippen LogP contribution in [0.4, 0.5) is 0 Å². The molecule has 4 rings (SSSR count). The molecule has 2 aliphatic rings. The summed E-state index contributed by atoms with van der Waals surface area (Å²) in [5, 5.41) is 0. The van der Waals surface area contributed by atoms with Gasteiger partial charge in [-0.1, -0.05) is 6.07 Å². The number of nitrogens with zero attached hydrogens (tertiary/aromatic N) is 6. The SMILES string of the molecule is CN1CCN(C[C@H]2CCCN(Cc3ccc(-n4ccnc4)nc3)C2)CC1. The molecular formula is C20H30N6. The molecule has 0 spiro atoms. The third-order valence-electron chi connectivity index (χ3n) is 5.70. The van der Waals surface area contributed by atoms with Gasteiger partial charge in [-0.15, -0.1) is 0 Å². The normalized spacial score (nSPS) is 23.3. The van der Waals surface area contributed by atoms with E-state index in [0.29, 0.717) is 0 Å². The molecule has 0 radical (unpaired) electrons. The predicted molar refractivity (Wildman–Crippen MR) is 103 cm³/mol. The fraction of sp³-hybridized carbons (Fsp3) is 0.600. The summed E-state index contributed by atoms with van der Waals surface area (Å²) in [6.07, 6.45) is 10.2. The van der Waals surface area contributed by atoms with Crippen LogP contribution in [0.1, 0.15) is 18.4 Å². The number of piperazine rings is 1. The number of hydrogen-bond donors (Lipinski definition) is 0. The van der Waals surface area contributed by atoms with E-state index in [9.17, 15) is 0 Å². The first-order valence-corrected chi connectivity index (χ1v) is 9.83. The molecule has 2 saturated heterocycles. The maximum atomic E-state index is 4.59. The van der Waals surface area contributed by atoms with Crippen LogP contribution in [0.25, 0.3) is 5.82 Å². The Hall–Kier alpha value is -1.76. The van der Waals surface area contributed by atoms with Crippen LogP contribution in [-0.2, 0) is 6.54 Å².